The van der Waals surface area contributed by atoms with Crippen LogP contribution in [0.3, 0.4) is 0 Å². The molecule has 1 atom stereocenters. The van der Waals surface area contributed by atoms with Crippen LogP contribution in [0.15, 0.2) is 24.3 Å². The topological polar surface area (TPSA) is 57.6 Å². The molecule has 2 aliphatic rings. The van der Waals surface area contributed by atoms with Gasteiger partial charge in [-0.1, -0.05) is 43.5 Å². The summed E-state index contributed by atoms with van der Waals surface area (Å²) in [4.78, 5) is 26.4. The van der Waals surface area contributed by atoms with Crippen LogP contribution in [-0.4, -0.2) is 35.0 Å². The molecule has 1 N–H and O–H groups in total. The van der Waals surface area contributed by atoms with E-state index in [2.05, 4.69) is 19.1 Å². The SMILES string of the molecule is Cc1ccccc1C1(C(=O)N2CCC(C(=O)O)C2)CCCCC1. The third kappa shape index (κ3) is 2.87. The highest BCUT2D eigenvalue weighted by Gasteiger charge is 2.46. The van der Waals surface area contributed by atoms with Crippen LogP contribution in [0.1, 0.15) is 49.7 Å². The van der Waals surface area contributed by atoms with Gasteiger partial charge in [-0.05, 0) is 37.3 Å². The summed E-state index contributed by atoms with van der Waals surface area (Å²) in [6.45, 7) is 3.01. The first kappa shape index (κ1) is 16.0. The highest BCUT2D eigenvalue weighted by molar-refractivity contribution is 5.89. The lowest BCUT2D eigenvalue weighted by Gasteiger charge is -2.40. The molecule has 1 saturated heterocycles. The maximum absolute atomic E-state index is 13.4. The van der Waals surface area contributed by atoms with E-state index in [1.54, 1.807) is 4.90 Å². The van der Waals surface area contributed by atoms with E-state index in [9.17, 15) is 14.7 Å². The Labute approximate surface area is 137 Å². The molecule has 4 heteroatoms. The number of carboxylic acids is 1. The molecular formula is C19H25NO3. The molecule has 1 amide bonds. The summed E-state index contributed by atoms with van der Waals surface area (Å²) < 4.78 is 0. The van der Waals surface area contributed by atoms with E-state index in [4.69, 9.17) is 0 Å². The molecule has 1 aliphatic carbocycles. The zero-order valence-electron chi connectivity index (χ0n) is 13.8. The fourth-order valence-corrected chi connectivity index (χ4v) is 4.31. The quantitative estimate of drug-likeness (QED) is 0.932. The lowest BCUT2D eigenvalue weighted by Crippen LogP contribution is -2.47. The van der Waals surface area contributed by atoms with Crippen molar-refractivity contribution < 1.29 is 14.7 Å². The minimum Gasteiger partial charge on any atom is -0.481 e. The first-order valence-electron chi connectivity index (χ1n) is 8.63. The smallest absolute Gasteiger partial charge is 0.308 e. The molecule has 0 radical (unpaired) electrons. The Morgan fingerprint density at radius 2 is 1.87 bits per heavy atom. The van der Waals surface area contributed by atoms with E-state index in [0.29, 0.717) is 19.5 Å². The number of likely N-dealkylation sites (tertiary alicyclic amines) is 1. The molecule has 0 bridgehead atoms. The molecule has 1 aromatic carbocycles. The maximum Gasteiger partial charge on any atom is 0.308 e. The predicted octanol–water partition coefficient (Wildman–Crippen LogP) is 3.13. The zero-order chi connectivity index (χ0) is 16.4. The van der Waals surface area contributed by atoms with Crippen molar-refractivity contribution in [1.82, 2.24) is 4.90 Å². The summed E-state index contributed by atoms with van der Waals surface area (Å²) in [5, 5.41) is 9.21. The van der Waals surface area contributed by atoms with Gasteiger partial charge in [-0.3, -0.25) is 9.59 Å². The number of carbonyl (C=O) groups excluding carboxylic acids is 1. The number of carboxylic acid groups (broad SMARTS) is 1. The van der Waals surface area contributed by atoms with Crippen LogP contribution in [0.2, 0.25) is 0 Å². The molecule has 0 aromatic heterocycles. The number of aryl methyl sites for hydroxylation is 1. The monoisotopic (exact) mass is 315 g/mol. The average Bonchev–Trinajstić information content (AvgIpc) is 3.05. The second kappa shape index (κ2) is 6.34. The molecule has 2 fully saturated rings. The Hall–Kier alpha value is -1.84. The Morgan fingerprint density at radius 3 is 2.48 bits per heavy atom. The van der Waals surface area contributed by atoms with Gasteiger partial charge in [0.1, 0.15) is 0 Å². The molecule has 124 valence electrons. The third-order valence-corrected chi connectivity index (χ3v) is 5.60. The van der Waals surface area contributed by atoms with Crippen LogP contribution in [-0.2, 0) is 15.0 Å². The molecule has 1 saturated carbocycles. The fourth-order valence-electron chi connectivity index (χ4n) is 4.31. The standard InChI is InChI=1S/C19H25NO3/c1-14-7-3-4-8-16(14)19(10-5-2-6-11-19)18(23)20-12-9-15(13-20)17(21)22/h3-4,7-8,15H,2,5-6,9-13H2,1H3,(H,21,22). The number of benzene rings is 1. The Balaban J connectivity index is 1.92. The number of carbonyl (C=O) groups is 2. The van der Waals surface area contributed by atoms with E-state index < -0.39 is 17.3 Å². The van der Waals surface area contributed by atoms with Crippen LogP contribution in [0.4, 0.5) is 0 Å². The van der Waals surface area contributed by atoms with Crippen molar-refractivity contribution in [3.05, 3.63) is 35.4 Å². The van der Waals surface area contributed by atoms with Crippen LogP contribution in [0, 0.1) is 12.8 Å². The molecule has 1 aromatic rings. The fraction of sp³-hybridized carbons (Fsp3) is 0.579. The van der Waals surface area contributed by atoms with Gasteiger partial charge in [0.15, 0.2) is 0 Å². The van der Waals surface area contributed by atoms with E-state index in [1.165, 1.54) is 6.42 Å². The summed E-state index contributed by atoms with van der Waals surface area (Å²) in [7, 11) is 0. The summed E-state index contributed by atoms with van der Waals surface area (Å²) >= 11 is 0. The second-order valence-corrected chi connectivity index (χ2v) is 7.03. The molecule has 1 heterocycles. The number of nitrogens with zero attached hydrogens (tertiary/aromatic N) is 1. The molecule has 4 nitrogen and oxygen atoms in total. The van der Waals surface area contributed by atoms with Crippen molar-refractivity contribution in [2.75, 3.05) is 13.1 Å². The van der Waals surface area contributed by atoms with Crippen molar-refractivity contribution in [2.24, 2.45) is 5.92 Å². The molecule has 1 unspecified atom stereocenters. The van der Waals surface area contributed by atoms with Crippen molar-refractivity contribution in [3.63, 3.8) is 0 Å². The van der Waals surface area contributed by atoms with Gasteiger partial charge in [-0.2, -0.15) is 0 Å². The summed E-state index contributed by atoms with van der Waals surface area (Å²) in [6.07, 6.45) is 5.64. The Morgan fingerprint density at radius 1 is 1.17 bits per heavy atom. The predicted molar refractivity (Wildman–Crippen MR) is 88.3 cm³/mol. The van der Waals surface area contributed by atoms with E-state index >= 15 is 0 Å². The second-order valence-electron chi connectivity index (χ2n) is 7.03. The maximum atomic E-state index is 13.4. The van der Waals surface area contributed by atoms with Gasteiger partial charge < -0.3 is 10.0 Å². The highest BCUT2D eigenvalue weighted by Crippen LogP contribution is 2.43. The third-order valence-electron chi connectivity index (χ3n) is 5.60. The number of amides is 1. The average molecular weight is 315 g/mol. The van der Waals surface area contributed by atoms with Gasteiger partial charge >= 0.3 is 5.97 Å². The Kier molecular flexibility index (Phi) is 4.42. The van der Waals surface area contributed by atoms with Gasteiger partial charge in [0.25, 0.3) is 0 Å². The minimum absolute atomic E-state index is 0.148. The van der Waals surface area contributed by atoms with Crippen LogP contribution < -0.4 is 0 Å². The first-order chi connectivity index (χ1) is 11.0. The van der Waals surface area contributed by atoms with Gasteiger partial charge in [0.2, 0.25) is 5.91 Å². The van der Waals surface area contributed by atoms with Crippen molar-refractivity contribution in [2.45, 2.75) is 50.9 Å². The number of hydrogen-bond donors (Lipinski definition) is 1. The van der Waals surface area contributed by atoms with Crippen molar-refractivity contribution >= 4 is 11.9 Å². The van der Waals surface area contributed by atoms with Crippen LogP contribution in [0.5, 0.6) is 0 Å². The summed E-state index contributed by atoms with van der Waals surface area (Å²) in [5.74, 6) is -1.04. The number of aliphatic carboxylic acids is 1. The van der Waals surface area contributed by atoms with Crippen molar-refractivity contribution in [1.29, 1.82) is 0 Å². The number of rotatable bonds is 3. The van der Waals surface area contributed by atoms with Gasteiger partial charge in [-0.15, -0.1) is 0 Å². The van der Waals surface area contributed by atoms with E-state index in [0.717, 1.165) is 36.8 Å². The normalized spacial score (nSPS) is 23.7. The molecule has 3 rings (SSSR count). The van der Waals surface area contributed by atoms with Crippen LogP contribution >= 0.6 is 0 Å². The minimum atomic E-state index is -0.783. The Bertz CT molecular complexity index is 604. The van der Waals surface area contributed by atoms with Crippen LogP contribution in [0.25, 0.3) is 0 Å². The first-order valence-corrected chi connectivity index (χ1v) is 8.63. The van der Waals surface area contributed by atoms with E-state index in [-0.39, 0.29) is 5.91 Å². The molecule has 23 heavy (non-hydrogen) atoms. The molecule has 1 aliphatic heterocycles. The van der Waals surface area contributed by atoms with E-state index in [1.807, 2.05) is 12.1 Å². The van der Waals surface area contributed by atoms with Crippen molar-refractivity contribution in [3.8, 4) is 0 Å². The van der Waals surface area contributed by atoms with Gasteiger partial charge in [-0.25, -0.2) is 0 Å². The lowest BCUT2D eigenvalue weighted by atomic mass is 9.67. The highest BCUT2D eigenvalue weighted by atomic mass is 16.4. The lowest BCUT2D eigenvalue weighted by molar-refractivity contribution is -0.142. The van der Waals surface area contributed by atoms with Gasteiger partial charge in [0, 0.05) is 13.1 Å². The van der Waals surface area contributed by atoms with Gasteiger partial charge in [0.05, 0.1) is 11.3 Å². The number of hydrogen-bond acceptors (Lipinski definition) is 2. The largest absolute Gasteiger partial charge is 0.481 e. The molecular weight excluding hydrogens is 290 g/mol. The zero-order valence-corrected chi connectivity index (χ0v) is 13.8. The summed E-state index contributed by atoms with van der Waals surface area (Å²) in [5.41, 5.74) is 1.86. The molecule has 0 spiro atoms. The summed E-state index contributed by atoms with van der Waals surface area (Å²) in [6, 6.07) is 8.18.